The van der Waals surface area contributed by atoms with E-state index < -0.39 is 0 Å². The van der Waals surface area contributed by atoms with Crippen molar-refractivity contribution in [3.63, 3.8) is 0 Å². The molecule has 1 heterocycles. The van der Waals surface area contributed by atoms with Crippen molar-refractivity contribution >= 4 is 12.1 Å². The topological polar surface area (TPSA) is 85.7 Å². The summed E-state index contributed by atoms with van der Waals surface area (Å²) in [6.07, 6.45) is 0.694. The Kier molecular flexibility index (Phi) is 3.62. The van der Waals surface area contributed by atoms with Gasteiger partial charge < -0.3 is 4.90 Å². The van der Waals surface area contributed by atoms with Gasteiger partial charge in [-0.1, -0.05) is 0 Å². The zero-order valence-electron chi connectivity index (χ0n) is 9.14. The highest BCUT2D eigenvalue weighted by atomic mass is 16.1. The van der Waals surface area contributed by atoms with Gasteiger partial charge in [0.1, 0.15) is 18.9 Å². The first-order valence-corrected chi connectivity index (χ1v) is 4.63. The number of anilines is 1. The Morgan fingerprint density at radius 1 is 1.44 bits per heavy atom. The van der Waals surface area contributed by atoms with Crippen molar-refractivity contribution in [1.82, 2.24) is 9.78 Å². The summed E-state index contributed by atoms with van der Waals surface area (Å²) in [6, 6.07) is 3.91. The molecule has 1 aromatic heterocycles. The molecule has 0 bridgehead atoms. The van der Waals surface area contributed by atoms with Gasteiger partial charge in [0, 0.05) is 7.05 Å². The first-order valence-electron chi connectivity index (χ1n) is 4.63. The fourth-order valence-electron chi connectivity index (χ4n) is 1.55. The summed E-state index contributed by atoms with van der Waals surface area (Å²) in [7, 11) is 1.68. The maximum atomic E-state index is 10.9. The van der Waals surface area contributed by atoms with E-state index in [1.807, 2.05) is 12.1 Å². The summed E-state index contributed by atoms with van der Waals surface area (Å²) in [4.78, 5) is 12.4. The molecule has 0 saturated heterocycles. The van der Waals surface area contributed by atoms with Gasteiger partial charge in [0.15, 0.2) is 6.29 Å². The van der Waals surface area contributed by atoms with Gasteiger partial charge in [0.05, 0.1) is 23.4 Å². The van der Waals surface area contributed by atoms with Gasteiger partial charge >= 0.3 is 0 Å². The van der Waals surface area contributed by atoms with Crippen LogP contribution in [0.1, 0.15) is 16.1 Å². The van der Waals surface area contributed by atoms with Crippen molar-refractivity contribution in [2.45, 2.75) is 6.92 Å². The average molecular weight is 217 g/mol. The van der Waals surface area contributed by atoms with E-state index in [9.17, 15) is 4.79 Å². The van der Waals surface area contributed by atoms with Crippen LogP contribution in [0.3, 0.4) is 0 Å². The van der Waals surface area contributed by atoms with Crippen LogP contribution >= 0.6 is 0 Å². The molecular formula is C10H11N5O. The van der Waals surface area contributed by atoms with Gasteiger partial charge in [0.25, 0.3) is 0 Å². The van der Waals surface area contributed by atoms with Crippen LogP contribution in [0, 0.1) is 29.6 Å². The monoisotopic (exact) mass is 217 g/mol. The van der Waals surface area contributed by atoms with Gasteiger partial charge in [-0.25, -0.2) is 0 Å². The zero-order chi connectivity index (χ0) is 12.1. The van der Waals surface area contributed by atoms with E-state index in [2.05, 4.69) is 5.10 Å². The zero-order valence-corrected chi connectivity index (χ0v) is 9.14. The number of hydrogen-bond donors (Lipinski definition) is 0. The first-order chi connectivity index (χ1) is 7.65. The molecule has 6 heteroatoms. The number of rotatable bonds is 4. The molecule has 16 heavy (non-hydrogen) atoms. The van der Waals surface area contributed by atoms with Crippen molar-refractivity contribution in [3.8, 4) is 12.1 Å². The lowest BCUT2D eigenvalue weighted by Gasteiger charge is -2.18. The number of nitrogens with zero attached hydrogens (tertiary/aromatic N) is 5. The molecule has 0 aromatic carbocycles. The van der Waals surface area contributed by atoms with E-state index in [1.54, 1.807) is 14.0 Å². The lowest BCUT2D eigenvalue weighted by molar-refractivity contribution is 0.112. The number of aromatic nitrogens is 2. The Morgan fingerprint density at radius 2 is 2.00 bits per heavy atom. The maximum absolute atomic E-state index is 10.9. The lowest BCUT2D eigenvalue weighted by Crippen LogP contribution is -2.27. The van der Waals surface area contributed by atoms with Gasteiger partial charge in [-0.15, -0.1) is 0 Å². The van der Waals surface area contributed by atoms with Gasteiger partial charge in [-0.2, -0.15) is 15.6 Å². The van der Waals surface area contributed by atoms with E-state index in [0.29, 0.717) is 23.4 Å². The van der Waals surface area contributed by atoms with Crippen LogP contribution in [-0.2, 0) is 7.05 Å². The van der Waals surface area contributed by atoms with Crippen LogP contribution in [-0.4, -0.2) is 29.2 Å². The third-order valence-corrected chi connectivity index (χ3v) is 2.18. The SMILES string of the molecule is Cc1nn(C)c(N(CC#N)CC#N)c1C=O. The van der Waals surface area contributed by atoms with Crippen LogP contribution < -0.4 is 4.90 Å². The fourth-order valence-corrected chi connectivity index (χ4v) is 1.55. The Balaban J connectivity index is 3.23. The molecule has 0 N–H and O–H groups in total. The molecule has 0 aliphatic carbocycles. The van der Waals surface area contributed by atoms with Crippen LogP contribution in [0.4, 0.5) is 5.82 Å². The standard InChI is InChI=1S/C10H11N5O/c1-8-9(7-16)10(14(2)13-8)15(5-3-11)6-4-12/h7H,5-6H2,1-2H3. The second-order valence-corrected chi connectivity index (χ2v) is 3.24. The fraction of sp³-hybridized carbons (Fsp3) is 0.400. The van der Waals surface area contributed by atoms with E-state index >= 15 is 0 Å². The van der Waals surface area contributed by atoms with E-state index in [0.717, 1.165) is 0 Å². The number of aryl methyl sites for hydroxylation is 2. The minimum absolute atomic E-state index is 0.0490. The number of aldehydes is 1. The van der Waals surface area contributed by atoms with Crippen LogP contribution in [0.2, 0.25) is 0 Å². The third kappa shape index (κ3) is 2.01. The highest BCUT2D eigenvalue weighted by molar-refractivity contribution is 5.85. The molecule has 6 nitrogen and oxygen atoms in total. The van der Waals surface area contributed by atoms with Crippen molar-refractivity contribution in [1.29, 1.82) is 10.5 Å². The van der Waals surface area contributed by atoms with Crippen molar-refractivity contribution in [2.75, 3.05) is 18.0 Å². The van der Waals surface area contributed by atoms with E-state index in [-0.39, 0.29) is 13.1 Å². The molecule has 0 fully saturated rings. The minimum atomic E-state index is 0.0490. The molecule has 0 saturated carbocycles. The highest BCUT2D eigenvalue weighted by Crippen LogP contribution is 2.20. The second-order valence-electron chi connectivity index (χ2n) is 3.24. The Morgan fingerprint density at radius 3 is 2.44 bits per heavy atom. The van der Waals surface area contributed by atoms with Crippen molar-refractivity contribution < 1.29 is 4.79 Å². The van der Waals surface area contributed by atoms with Gasteiger partial charge in [-0.05, 0) is 6.92 Å². The Labute approximate surface area is 93.3 Å². The summed E-state index contributed by atoms with van der Waals surface area (Å²) in [5.74, 6) is 0.510. The summed E-state index contributed by atoms with van der Waals surface area (Å²) < 4.78 is 1.51. The Bertz CT molecular complexity index is 461. The van der Waals surface area contributed by atoms with Gasteiger partial charge in [0.2, 0.25) is 0 Å². The van der Waals surface area contributed by atoms with Crippen molar-refractivity contribution in [3.05, 3.63) is 11.3 Å². The lowest BCUT2D eigenvalue weighted by atomic mass is 10.2. The molecule has 1 aromatic rings. The molecule has 0 aliphatic rings. The van der Waals surface area contributed by atoms with Crippen LogP contribution in [0.25, 0.3) is 0 Å². The molecular weight excluding hydrogens is 206 g/mol. The maximum Gasteiger partial charge on any atom is 0.155 e. The predicted octanol–water partition coefficient (Wildman–Crippen LogP) is 0.395. The largest absolute Gasteiger partial charge is 0.330 e. The molecule has 0 radical (unpaired) electrons. The molecule has 0 aliphatic heterocycles. The average Bonchev–Trinajstić information content (AvgIpc) is 2.52. The quantitative estimate of drug-likeness (QED) is 0.538. The summed E-state index contributed by atoms with van der Waals surface area (Å²) in [5, 5.41) is 21.4. The first kappa shape index (κ1) is 11.7. The molecule has 82 valence electrons. The van der Waals surface area contributed by atoms with E-state index in [1.165, 1.54) is 9.58 Å². The predicted molar refractivity (Wildman–Crippen MR) is 56.8 cm³/mol. The van der Waals surface area contributed by atoms with Crippen molar-refractivity contribution in [2.24, 2.45) is 7.05 Å². The number of carbonyl (C=O) groups excluding carboxylic acids is 1. The molecule has 0 atom stereocenters. The molecule has 0 amide bonds. The minimum Gasteiger partial charge on any atom is -0.330 e. The number of carbonyl (C=O) groups is 1. The number of hydrogen-bond acceptors (Lipinski definition) is 5. The highest BCUT2D eigenvalue weighted by Gasteiger charge is 2.18. The molecule has 1 rings (SSSR count). The molecule has 0 unspecified atom stereocenters. The second kappa shape index (κ2) is 4.94. The summed E-state index contributed by atoms with van der Waals surface area (Å²) in [5.41, 5.74) is 1.02. The van der Waals surface area contributed by atoms with Gasteiger partial charge in [-0.3, -0.25) is 9.48 Å². The Hall–Kier alpha value is -2.34. The normalized spacial score (nSPS) is 9.25. The van der Waals surface area contributed by atoms with E-state index in [4.69, 9.17) is 10.5 Å². The number of nitriles is 2. The smallest absolute Gasteiger partial charge is 0.155 e. The molecule has 0 spiro atoms. The van der Waals surface area contributed by atoms with Crippen LogP contribution in [0.5, 0.6) is 0 Å². The third-order valence-electron chi connectivity index (χ3n) is 2.18. The van der Waals surface area contributed by atoms with Crippen LogP contribution in [0.15, 0.2) is 0 Å². The summed E-state index contributed by atoms with van der Waals surface area (Å²) in [6.45, 7) is 1.81. The summed E-state index contributed by atoms with van der Waals surface area (Å²) >= 11 is 0.